The van der Waals surface area contributed by atoms with Crippen LogP contribution >= 0.6 is 11.3 Å². The summed E-state index contributed by atoms with van der Waals surface area (Å²) in [4.78, 5) is 7.33. The van der Waals surface area contributed by atoms with Gasteiger partial charge in [0, 0.05) is 29.2 Å². The zero-order chi connectivity index (χ0) is 13.2. The summed E-state index contributed by atoms with van der Waals surface area (Å²) in [7, 11) is 0. The maximum absolute atomic E-state index is 4.64. The molecule has 2 unspecified atom stereocenters. The summed E-state index contributed by atoms with van der Waals surface area (Å²) in [5.74, 6) is 0. The second-order valence-corrected chi connectivity index (χ2v) is 7.06. The lowest BCUT2D eigenvalue weighted by atomic mass is 9.98. The van der Waals surface area contributed by atoms with Crippen molar-refractivity contribution in [3.63, 3.8) is 0 Å². The Morgan fingerprint density at radius 1 is 1.37 bits per heavy atom. The predicted molar refractivity (Wildman–Crippen MR) is 80.5 cm³/mol. The number of hydrogen-bond acceptors (Lipinski definition) is 4. The fourth-order valence-corrected chi connectivity index (χ4v) is 4.45. The summed E-state index contributed by atoms with van der Waals surface area (Å²) >= 11 is 1.82. The van der Waals surface area contributed by atoms with Gasteiger partial charge in [-0.3, -0.25) is 4.90 Å². The molecule has 0 saturated carbocycles. The highest BCUT2D eigenvalue weighted by atomic mass is 32.1. The average Bonchev–Trinajstić information content (AvgIpc) is 2.95. The topological polar surface area (TPSA) is 28.2 Å². The molecule has 0 aliphatic carbocycles. The molecule has 3 heterocycles. The number of fused-ring (bicyclic) bond motifs is 2. The van der Waals surface area contributed by atoms with E-state index >= 15 is 0 Å². The number of aryl methyl sites for hydroxylation is 1. The number of thiazole rings is 1. The number of aromatic nitrogens is 1. The Labute approximate surface area is 120 Å². The molecule has 2 fully saturated rings. The zero-order valence-corrected chi connectivity index (χ0v) is 12.9. The van der Waals surface area contributed by atoms with Crippen molar-refractivity contribution in [2.24, 2.45) is 0 Å². The quantitative estimate of drug-likeness (QED) is 0.898. The largest absolute Gasteiger partial charge is 0.311 e. The Morgan fingerprint density at radius 2 is 2.11 bits per heavy atom. The van der Waals surface area contributed by atoms with E-state index in [-0.39, 0.29) is 0 Å². The van der Waals surface area contributed by atoms with Crippen LogP contribution in [0.4, 0.5) is 0 Å². The Morgan fingerprint density at radius 3 is 2.68 bits per heavy atom. The molecule has 1 N–H and O–H groups in total. The fraction of sp³-hybridized carbons (Fsp3) is 0.800. The standard InChI is InChI=1S/C15H25N3S/c1-3-6-18(9-15-16-11(2)10-19-15)14-7-12-4-5-13(8-14)17-12/h10,12-14,17H,3-9H2,1-2H3. The number of hydrogen-bond donors (Lipinski definition) is 1. The molecular formula is C15H25N3S. The molecule has 2 saturated heterocycles. The molecule has 4 heteroatoms. The molecule has 3 rings (SSSR count). The lowest BCUT2D eigenvalue weighted by molar-refractivity contribution is 0.134. The number of nitrogens with one attached hydrogen (secondary N) is 1. The Balaban J connectivity index is 1.66. The van der Waals surface area contributed by atoms with Crippen LogP contribution in [0.1, 0.15) is 49.7 Å². The van der Waals surface area contributed by atoms with Crippen molar-refractivity contribution < 1.29 is 0 Å². The van der Waals surface area contributed by atoms with Crippen molar-refractivity contribution in [2.45, 2.75) is 70.6 Å². The zero-order valence-electron chi connectivity index (χ0n) is 12.1. The summed E-state index contributed by atoms with van der Waals surface area (Å²) < 4.78 is 0. The van der Waals surface area contributed by atoms with E-state index in [2.05, 4.69) is 34.4 Å². The smallest absolute Gasteiger partial charge is 0.107 e. The molecule has 2 bridgehead atoms. The van der Waals surface area contributed by atoms with Crippen LogP contribution in [0.3, 0.4) is 0 Å². The number of piperidine rings is 1. The van der Waals surface area contributed by atoms with Gasteiger partial charge < -0.3 is 5.32 Å². The maximum Gasteiger partial charge on any atom is 0.107 e. The number of nitrogens with zero attached hydrogens (tertiary/aromatic N) is 2. The first-order valence-electron chi connectivity index (χ1n) is 7.65. The van der Waals surface area contributed by atoms with Gasteiger partial charge in [0.2, 0.25) is 0 Å². The minimum Gasteiger partial charge on any atom is -0.311 e. The van der Waals surface area contributed by atoms with Gasteiger partial charge in [0.05, 0.1) is 6.54 Å². The molecule has 2 aliphatic heterocycles. The predicted octanol–water partition coefficient (Wildman–Crippen LogP) is 2.95. The molecule has 0 spiro atoms. The monoisotopic (exact) mass is 279 g/mol. The Bertz CT molecular complexity index is 405. The third-order valence-electron chi connectivity index (χ3n) is 4.48. The molecule has 19 heavy (non-hydrogen) atoms. The molecule has 2 aliphatic rings. The van der Waals surface area contributed by atoms with E-state index < -0.39 is 0 Å². The summed E-state index contributed by atoms with van der Waals surface area (Å²) in [6.45, 7) is 6.64. The first-order valence-corrected chi connectivity index (χ1v) is 8.53. The highest BCUT2D eigenvalue weighted by Crippen LogP contribution is 2.30. The molecule has 0 aromatic carbocycles. The van der Waals surface area contributed by atoms with Gasteiger partial charge in [0.25, 0.3) is 0 Å². The second kappa shape index (κ2) is 5.90. The third kappa shape index (κ3) is 3.18. The molecule has 2 atom stereocenters. The molecule has 106 valence electrons. The number of rotatable bonds is 5. The van der Waals surface area contributed by atoms with Crippen molar-refractivity contribution >= 4 is 11.3 Å². The maximum atomic E-state index is 4.64. The van der Waals surface area contributed by atoms with Gasteiger partial charge >= 0.3 is 0 Å². The van der Waals surface area contributed by atoms with Crippen LogP contribution in [-0.4, -0.2) is 34.6 Å². The van der Waals surface area contributed by atoms with E-state index in [0.717, 1.165) is 24.7 Å². The van der Waals surface area contributed by atoms with E-state index in [1.165, 1.54) is 49.4 Å². The molecule has 3 nitrogen and oxygen atoms in total. The van der Waals surface area contributed by atoms with Crippen LogP contribution in [0.2, 0.25) is 0 Å². The second-order valence-electron chi connectivity index (χ2n) is 6.12. The van der Waals surface area contributed by atoms with Gasteiger partial charge in [-0.1, -0.05) is 6.92 Å². The fourth-order valence-electron chi connectivity index (χ4n) is 3.65. The average molecular weight is 279 g/mol. The third-order valence-corrected chi connectivity index (χ3v) is 5.43. The van der Waals surface area contributed by atoms with E-state index in [1.807, 2.05) is 11.3 Å². The highest BCUT2D eigenvalue weighted by molar-refractivity contribution is 7.09. The van der Waals surface area contributed by atoms with E-state index in [0.29, 0.717) is 0 Å². The first kappa shape index (κ1) is 13.5. The van der Waals surface area contributed by atoms with Gasteiger partial charge in [-0.05, 0) is 45.6 Å². The van der Waals surface area contributed by atoms with Gasteiger partial charge in [0.1, 0.15) is 5.01 Å². The molecule has 0 radical (unpaired) electrons. The summed E-state index contributed by atoms with van der Waals surface area (Å²) in [6.07, 6.45) is 6.68. The minimum absolute atomic E-state index is 0.767. The molecular weight excluding hydrogens is 254 g/mol. The van der Waals surface area contributed by atoms with Crippen molar-refractivity contribution in [2.75, 3.05) is 6.54 Å². The van der Waals surface area contributed by atoms with Crippen molar-refractivity contribution in [1.29, 1.82) is 0 Å². The van der Waals surface area contributed by atoms with Crippen LogP contribution in [0.15, 0.2) is 5.38 Å². The Hall–Kier alpha value is -0.450. The summed E-state index contributed by atoms with van der Waals surface area (Å²) in [5, 5.41) is 7.21. The van der Waals surface area contributed by atoms with E-state index in [9.17, 15) is 0 Å². The van der Waals surface area contributed by atoms with Gasteiger partial charge in [-0.15, -0.1) is 11.3 Å². The van der Waals surface area contributed by atoms with Crippen molar-refractivity contribution in [3.05, 3.63) is 16.1 Å². The molecule has 0 amide bonds. The van der Waals surface area contributed by atoms with Crippen LogP contribution in [0.25, 0.3) is 0 Å². The van der Waals surface area contributed by atoms with E-state index in [4.69, 9.17) is 0 Å². The van der Waals surface area contributed by atoms with Crippen LogP contribution < -0.4 is 5.32 Å². The molecule has 1 aromatic heterocycles. The van der Waals surface area contributed by atoms with Crippen LogP contribution in [0.5, 0.6) is 0 Å². The summed E-state index contributed by atoms with van der Waals surface area (Å²) in [6, 6.07) is 2.32. The molecule has 1 aromatic rings. The van der Waals surface area contributed by atoms with E-state index in [1.54, 1.807) is 0 Å². The van der Waals surface area contributed by atoms with Crippen molar-refractivity contribution in [3.8, 4) is 0 Å². The van der Waals surface area contributed by atoms with Crippen LogP contribution in [0, 0.1) is 6.92 Å². The SMILES string of the molecule is CCCN(Cc1nc(C)cs1)C1CC2CCC(C1)N2. The summed E-state index contributed by atoms with van der Waals surface area (Å²) in [5.41, 5.74) is 1.17. The normalized spacial score (nSPS) is 30.2. The van der Waals surface area contributed by atoms with Crippen molar-refractivity contribution in [1.82, 2.24) is 15.2 Å². The van der Waals surface area contributed by atoms with Crippen LogP contribution in [-0.2, 0) is 6.54 Å². The van der Waals surface area contributed by atoms with Gasteiger partial charge in [-0.2, -0.15) is 0 Å². The Kier molecular flexibility index (Phi) is 4.20. The first-order chi connectivity index (χ1) is 9.24. The minimum atomic E-state index is 0.767. The lowest BCUT2D eigenvalue weighted by Crippen LogP contribution is -2.48. The van der Waals surface area contributed by atoms with Gasteiger partial charge in [-0.25, -0.2) is 4.98 Å². The lowest BCUT2D eigenvalue weighted by Gasteiger charge is -2.37. The highest BCUT2D eigenvalue weighted by Gasteiger charge is 2.35. The van der Waals surface area contributed by atoms with Gasteiger partial charge in [0.15, 0.2) is 0 Å².